The van der Waals surface area contributed by atoms with E-state index in [0.29, 0.717) is 0 Å². The van der Waals surface area contributed by atoms with Crippen LogP contribution in [0.4, 0.5) is 0 Å². The van der Waals surface area contributed by atoms with E-state index in [2.05, 4.69) is 3.63 Å². The minimum atomic E-state index is -3.91. The fourth-order valence-corrected chi connectivity index (χ4v) is 1.40. The Bertz CT molecular complexity index is 215. The van der Waals surface area contributed by atoms with Crippen LogP contribution in [-0.2, 0) is 25.1 Å². The van der Waals surface area contributed by atoms with Crippen molar-refractivity contribution in [3.05, 3.63) is 0 Å². The van der Waals surface area contributed by atoms with Crippen LogP contribution in [0.5, 0.6) is 0 Å². The van der Waals surface area contributed by atoms with Gasteiger partial charge in [0, 0.05) is 0 Å². The SMILES string of the molecule is CC(C)S(=O)(=O)OS(=O)[O-]. The van der Waals surface area contributed by atoms with Crippen LogP contribution in [-0.4, -0.2) is 22.4 Å². The molecule has 0 aliphatic rings. The van der Waals surface area contributed by atoms with Crippen molar-refractivity contribution in [2.45, 2.75) is 19.1 Å². The van der Waals surface area contributed by atoms with Crippen LogP contribution in [0.25, 0.3) is 0 Å². The predicted molar refractivity (Wildman–Crippen MR) is 34.1 cm³/mol. The Labute approximate surface area is 62.0 Å². The maximum atomic E-state index is 10.5. The molecule has 0 N–H and O–H groups in total. The standard InChI is InChI=1S/C3H8O5S2/c1-3(2)10(6,7)8-9(4)5/h3H,1-2H3,(H,4,5)/p-1. The highest BCUT2D eigenvalue weighted by atomic mass is 32.3. The first-order chi connectivity index (χ1) is 4.36. The summed E-state index contributed by atoms with van der Waals surface area (Å²) in [5, 5.41) is -0.842. The van der Waals surface area contributed by atoms with Gasteiger partial charge in [-0.1, -0.05) is 0 Å². The fraction of sp³-hybridized carbons (Fsp3) is 1.00. The third-order valence-corrected chi connectivity index (χ3v) is 3.09. The van der Waals surface area contributed by atoms with Gasteiger partial charge >= 0.3 is 0 Å². The lowest BCUT2D eigenvalue weighted by Gasteiger charge is -2.07. The zero-order chi connectivity index (χ0) is 8.36. The van der Waals surface area contributed by atoms with Crippen LogP contribution >= 0.6 is 0 Å². The molecule has 1 atom stereocenters. The summed E-state index contributed by atoms with van der Waals surface area (Å²) in [5.41, 5.74) is 0. The number of hydrogen-bond acceptors (Lipinski definition) is 5. The smallest absolute Gasteiger partial charge is 0.281 e. The van der Waals surface area contributed by atoms with Crippen LogP contribution < -0.4 is 0 Å². The molecule has 0 aromatic heterocycles. The van der Waals surface area contributed by atoms with Crippen molar-refractivity contribution in [2.24, 2.45) is 0 Å². The van der Waals surface area contributed by atoms with E-state index in [1.54, 1.807) is 0 Å². The minimum absolute atomic E-state index is 0.842. The Kier molecular flexibility index (Phi) is 3.43. The molecule has 0 spiro atoms. The lowest BCUT2D eigenvalue weighted by molar-refractivity contribution is 0.425. The van der Waals surface area contributed by atoms with Gasteiger partial charge in [-0.3, -0.25) is 0 Å². The second kappa shape index (κ2) is 3.42. The van der Waals surface area contributed by atoms with Gasteiger partial charge in [0.25, 0.3) is 10.1 Å². The minimum Gasteiger partial charge on any atom is -0.749 e. The van der Waals surface area contributed by atoms with Crippen LogP contribution in [0.1, 0.15) is 13.8 Å². The molecule has 10 heavy (non-hydrogen) atoms. The molecule has 0 aliphatic heterocycles. The van der Waals surface area contributed by atoms with E-state index in [1.165, 1.54) is 13.8 Å². The molecule has 0 heterocycles. The predicted octanol–water partition coefficient (Wildman–Crippen LogP) is -0.465. The number of rotatable bonds is 3. The molecule has 1 unspecified atom stereocenters. The van der Waals surface area contributed by atoms with Gasteiger partial charge in [0.2, 0.25) is 0 Å². The monoisotopic (exact) mass is 187 g/mol. The van der Waals surface area contributed by atoms with Gasteiger partial charge in [-0.15, -0.1) is 0 Å². The second-order valence-corrected chi connectivity index (χ2v) is 4.69. The molecular formula is C3H7O5S2-. The van der Waals surface area contributed by atoms with E-state index in [9.17, 15) is 17.2 Å². The third-order valence-electron chi connectivity index (χ3n) is 0.728. The average molecular weight is 187 g/mol. The van der Waals surface area contributed by atoms with Crippen LogP contribution in [0.3, 0.4) is 0 Å². The van der Waals surface area contributed by atoms with Gasteiger partial charge in [-0.2, -0.15) is 12.0 Å². The fourth-order valence-electron chi connectivity index (χ4n) is 0.156. The largest absolute Gasteiger partial charge is 0.749 e. The summed E-state index contributed by atoms with van der Waals surface area (Å²) in [5.74, 6) is 0. The Morgan fingerprint density at radius 2 is 1.90 bits per heavy atom. The molecule has 0 fully saturated rings. The first-order valence-corrected chi connectivity index (χ1v) is 4.86. The maximum Gasteiger partial charge on any atom is 0.281 e. The first-order valence-electron chi connectivity index (χ1n) is 2.39. The second-order valence-electron chi connectivity index (χ2n) is 1.81. The molecule has 0 bridgehead atoms. The van der Waals surface area contributed by atoms with Crippen molar-refractivity contribution in [2.75, 3.05) is 0 Å². The van der Waals surface area contributed by atoms with Crippen LogP contribution in [0.2, 0.25) is 0 Å². The van der Waals surface area contributed by atoms with Gasteiger partial charge in [-0.05, 0) is 13.8 Å². The van der Waals surface area contributed by atoms with Crippen molar-refractivity contribution in [3.63, 3.8) is 0 Å². The molecule has 0 aliphatic carbocycles. The summed E-state index contributed by atoms with van der Waals surface area (Å²) in [6, 6.07) is 0. The summed E-state index contributed by atoms with van der Waals surface area (Å²) in [6.07, 6.45) is 0. The van der Waals surface area contributed by atoms with Gasteiger partial charge in [0.05, 0.1) is 5.25 Å². The summed E-state index contributed by atoms with van der Waals surface area (Å²) >= 11 is -2.99. The molecule has 0 amide bonds. The van der Waals surface area contributed by atoms with Crippen molar-refractivity contribution in [1.29, 1.82) is 0 Å². The van der Waals surface area contributed by atoms with Crippen molar-refractivity contribution in [1.82, 2.24) is 0 Å². The van der Waals surface area contributed by atoms with E-state index in [4.69, 9.17) is 0 Å². The molecule has 0 saturated heterocycles. The van der Waals surface area contributed by atoms with Crippen LogP contribution in [0, 0.1) is 0 Å². The third kappa shape index (κ3) is 3.25. The summed E-state index contributed by atoms with van der Waals surface area (Å²) in [4.78, 5) is 0. The number of hydrogen-bond donors (Lipinski definition) is 0. The van der Waals surface area contributed by atoms with Crippen molar-refractivity contribution < 1.29 is 20.8 Å². The summed E-state index contributed by atoms with van der Waals surface area (Å²) < 4.78 is 44.1. The zero-order valence-corrected chi connectivity index (χ0v) is 7.07. The van der Waals surface area contributed by atoms with E-state index in [-0.39, 0.29) is 0 Å². The molecule has 0 rings (SSSR count). The van der Waals surface area contributed by atoms with Crippen molar-refractivity contribution >= 4 is 21.5 Å². The molecule has 0 aromatic carbocycles. The maximum absolute atomic E-state index is 10.5. The van der Waals surface area contributed by atoms with Gasteiger partial charge in [-0.25, -0.2) is 4.21 Å². The Balaban J connectivity index is 4.31. The molecule has 5 nitrogen and oxygen atoms in total. The van der Waals surface area contributed by atoms with E-state index in [0.717, 1.165) is 0 Å². The molecule has 0 aromatic rings. The quantitative estimate of drug-likeness (QED) is 0.558. The van der Waals surface area contributed by atoms with E-state index in [1.807, 2.05) is 0 Å². The van der Waals surface area contributed by atoms with Gasteiger partial charge in [0.15, 0.2) is 0 Å². The molecular weight excluding hydrogens is 180 g/mol. The average Bonchev–Trinajstić information content (AvgIpc) is 1.60. The summed E-state index contributed by atoms with van der Waals surface area (Å²) in [6.45, 7) is 2.64. The Morgan fingerprint density at radius 3 is 2.00 bits per heavy atom. The Hall–Kier alpha value is 0.0200. The van der Waals surface area contributed by atoms with Gasteiger partial charge in [0.1, 0.15) is 11.4 Å². The Morgan fingerprint density at radius 1 is 1.50 bits per heavy atom. The lowest BCUT2D eigenvalue weighted by atomic mass is 10.6. The highest BCUT2D eigenvalue weighted by Crippen LogP contribution is 2.02. The van der Waals surface area contributed by atoms with E-state index < -0.39 is 26.7 Å². The van der Waals surface area contributed by atoms with E-state index >= 15 is 0 Å². The van der Waals surface area contributed by atoms with Gasteiger partial charge < -0.3 is 4.55 Å². The molecule has 62 valence electrons. The lowest BCUT2D eigenvalue weighted by Crippen LogP contribution is -2.17. The topological polar surface area (TPSA) is 83.5 Å². The molecule has 0 saturated carbocycles. The first kappa shape index (κ1) is 10.0. The summed E-state index contributed by atoms with van der Waals surface area (Å²) in [7, 11) is -3.91. The van der Waals surface area contributed by atoms with Crippen LogP contribution in [0.15, 0.2) is 0 Å². The molecule has 7 heteroatoms. The highest BCUT2D eigenvalue weighted by Gasteiger charge is 2.16. The van der Waals surface area contributed by atoms with Crippen molar-refractivity contribution in [3.8, 4) is 0 Å². The normalized spacial score (nSPS) is 15.6. The zero-order valence-electron chi connectivity index (χ0n) is 5.44. The highest BCUT2D eigenvalue weighted by molar-refractivity contribution is 7.95. The molecule has 0 radical (unpaired) electrons.